The van der Waals surface area contributed by atoms with E-state index in [1.807, 2.05) is 0 Å². The molecular weight excluding hydrogens is 417 g/mol. The van der Waals surface area contributed by atoms with Crippen LogP contribution >= 0.6 is 11.3 Å². The fourth-order valence-corrected chi connectivity index (χ4v) is 4.47. The number of nitrogens with zero attached hydrogens (tertiary/aromatic N) is 2. The molecule has 0 bridgehead atoms. The Kier molecular flexibility index (Phi) is 5.28. The fourth-order valence-electron chi connectivity index (χ4n) is 2.42. The smallest absolute Gasteiger partial charge is 0.271 e. The number of rotatable bonds is 7. The molecule has 0 aliphatic rings. The number of thiophene rings is 1. The van der Waals surface area contributed by atoms with Crippen molar-refractivity contribution < 1.29 is 22.1 Å². The molecule has 4 aromatic rings. The second kappa shape index (κ2) is 8.02. The first-order valence-electron chi connectivity index (χ1n) is 8.37. The maximum Gasteiger partial charge on any atom is 0.271 e. The second-order valence-electron chi connectivity index (χ2n) is 5.87. The highest BCUT2D eigenvalue weighted by molar-refractivity contribution is 7.94. The lowest BCUT2D eigenvalue weighted by Gasteiger charge is -2.06. The van der Waals surface area contributed by atoms with Crippen LogP contribution in [0, 0.1) is 5.82 Å². The average Bonchev–Trinajstić information content (AvgIpc) is 3.41. The van der Waals surface area contributed by atoms with E-state index in [1.54, 1.807) is 35.7 Å². The molecule has 0 saturated heterocycles. The molecule has 10 heteroatoms. The van der Waals surface area contributed by atoms with Crippen molar-refractivity contribution >= 4 is 27.0 Å². The summed E-state index contributed by atoms with van der Waals surface area (Å²) in [5.41, 5.74) is 1.08. The van der Waals surface area contributed by atoms with Crippen LogP contribution in [0.5, 0.6) is 5.75 Å². The normalized spacial score (nSPS) is 11.3. The summed E-state index contributed by atoms with van der Waals surface area (Å²) in [5, 5.41) is 5.59. The van der Waals surface area contributed by atoms with Crippen LogP contribution in [0.4, 0.5) is 10.1 Å². The second-order valence-corrected chi connectivity index (χ2v) is 8.73. The lowest BCUT2D eigenvalue weighted by atomic mass is 10.2. The highest BCUT2D eigenvalue weighted by atomic mass is 32.2. The SMILES string of the molecule is O=S(=O)(Nc1ccc(-c2noc(COc3ccc(F)cc3)n2)cc1)c1cccs1. The van der Waals surface area contributed by atoms with Crippen LogP contribution in [0.2, 0.25) is 0 Å². The van der Waals surface area contributed by atoms with E-state index in [2.05, 4.69) is 14.9 Å². The summed E-state index contributed by atoms with van der Waals surface area (Å²) < 4.78 is 50.8. The summed E-state index contributed by atoms with van der Waals surface area (Å²) in [4.78, 5) is 4.24. The minimum Gasteiger partial charge on any atom is -0.484 e. The van der Waals surface area contributed by atoms with Crippen molar-refractivity contribution in [3.8, 4) is 17.1 Å². The van der Waals surface area contributed by atoms with Gasteiger partial charge in [-0.2, -0.15) is 4.98 Å². The number of halogens is 1. The van der Waals surface area contributed by atoms with Gasteiger partial charge < -0.3 is 9.26 Å². The summed E-state index contributed by atoms with van der Waals surface area (Å²) in [5.74, 6) is 0.731. The third-order valence-electron chi connectivity index (χ3n) is 3.80. The molecule has 0 unspecified atom stereocenters. The van der Waals surface area contributed by atoms with Gasteiger partial charge in [0.1, 0.15) is 15.8 Å². The number of sulfonamides is 1. The van der Waals surface area contributed by atoms with Gasteiger partial charge in [-0.15, -0.1) is 11.3 Å². The molecule has 2 aromatic heterocycles. The number of hydrogen-bond acceptors (Lipinski definition) is 7. The Bertz CT molecular complexity index is 1190. The van der Waals surface area contributed by atoms with Gasteiger partial charge in [0.05, 0.1) is 0 Å². The predicted octanol–water partition coefficient (Wildman–Crippen LogP) is 4.32. The molecule has 2 aromatic carbocycles. The quantitative estimate of drug-likeness (QED) is 0.468. The summed E-state index contributed by atoms with van der Waals surface area (Å²) in [6, 6.07) is 15.4. The van der Waals surface area contributed by atoms with Crippen LogP contribution in [0.1, 0.15) is 5.89 Å². The van der Waals surface area contributed by atoms with Crippen LogP contribution in [0.3, 0.4) is 0 Å². The Morgan fingerprint density at radius 2 is 1.83 bits per heavy atom. The predicted molar refractivity (Wildman–Crippen MR) is 106 cm³/mol. The molecular formula is C19H14FN3O4S2. The topological polar surface area (TPSA) is 94.3 Å². The zero-order valence-corrected chi connectivity index (χ0v) is 16.4. The van der Waals surface area contributed by atoms with Crippen molar-refractivity contribution in [1.29, 1.82) is 0 Å². The van der Waals surface area contributed by atoms with E-state index in [9.17, 15) is 12.8 Å². The highest BCUT2D eigenvalue weighted by Gasteiger charge is 2.15. The Balaban J connectivity index is 1.41. The lowest BCUT2D eigenvalue weighted by Crippen LogP contribution is -2.11. The molecule has 0 amide bonds. The molecule has 0 spiro atoms. The van der Waals surface area contributed by atoms with Gasteiger partial charge >= 0.3 is 0 Å². The molecule has 29 heavy (non-hydrogen) atoms. The zero-order chi connectivity index (χ0) is 20.3. The molecule has 0 aliphatic carbocycles. The van der Waals surface area contributed by atoms with Gasteiger partial charge in [-0.1, -0.05) is 11.2 Å². The summed E-state index contributed by atoms with van der Waals surface area (Å²) in [7, 11) is -3.60. The molecule has 0 saturated carbocycles. The van der Waals surface area contributed by atoms with Crippen molar-refractivity contribution in [1.82, 2.24) is 10.1 Å². The van der Waals surface area contributed by atoms with Gasteiger partial charge in [0.15, 0.2) is 6.61 Å². The van der Waals surface area contributed by atoms with Gasteiger partial charge in [-0.25, -0.2) is 12.8 Å². The maximum atomic E-state index is 12.9. The first kappa shape index (κ1) is 19.1. The fraction of sp³-hybridized carbons (Fsp3) is 0.0526. The molecule has 2 heterocycles. The van der Waals surface area contributed by atoms with Gasteiger partial charge in [-0.05, 0) is 60.0 Å². The number of anilines is 1. The Morgan fingerprint density at radius 1 is 1.07 bits per heavy atom. The van der Waals surface area contributed by atoms with Crippen molar-refractivity contribution in [2.45, 2.75) is 10.8 Å². The van der Waals surface area contributed by atoms with E-state index < -0.39 is 10.0 Å². The zero-order valence-electron chi connectivity index (χ0n) is 14.8. The van der Waals surface area contributed by atoms with E-state index in [0.717, 1.165) is 11.3 Å². The molecule has 7 nitrogen and oxygen atoms in total. The van der Waals surface area contributed by atoms with Crippen LogP contribution in [-0.4, -0.2) is 18.6 Å². The van der Waals surface area contributed by atoms with E-state index in [0.29, 0.717) is 22.8 Å². The molecule has 0 radical (unpaired) electrons. The Morgan fingerprint density at radius 3 is 2.52 bits per heavy atom. The average molecular weight is 431 g/mol. The van der Waals surface area contributed by atoms with Gasteiger partial charge in [-0.3, -0.25) is 4.72 Å². The summed E-state index contributed by atoms with van der Waals surface area (Å²) in [6.07, 6.45) is 0. The van der Waals surface area contributed by atoms with Crippen LogP contribution in [0.15, 0.2) is 74.8 Å². The minimum atomic E-state index is -3.60. The van der Waals surface area contributed by atoms with Gasteiger partial charge in [0.2, 0.25) is 5.82 Å². The largest absolute Gasteiger partial charge is 0.484 e. The molecule has 0 aliphatic heterocycles. The van der Waals surface area contributed by atoms with Gasteiger partial charge in [0.25, 0.3) is 15.9 Å². The number of aromatic nitrogens is 2. The maximum absolute atomic E-state index is 12.9. The monoisotopic (exact) mass is 431 g/mol. The third-order valence-corrected chi connectivity index (χ3v) is 6.58. The minimum absolute atomic E-state index is 0.0390. The summed E-state index contributed by atoms with van der Waals surface area (Å²) >= 11 is 1.14. The van der Waals surface area contributed by atoms with E-state index >= 15 is 0 Å². The number of benzene rings is 2. The molecule has 4 rings (SSSR count). The molecule has 0 atom stereocenters. The third kappa shape index (κ3) is 4.61. The Hall–Kier alpha value is -3.24. The standard InChI is InChI=1S/C19H14FN3O4S2/c20-14-5-9-16(10-6-14)26-12-17-21-19(22-27-17)13-3-7-15(8-4-13)23-29(24,25)18-2-1-11-28-18/h1-11,23H,12H2. The molecule has 0 fully saturated rings. The highest BCUT2D eigenvalue weighted by Crippen LogP contribution is 2.23. The van der Waals surface area contributed by atoms with Gasteiger partial charge in [0, 0.05) is 11.3 Å². The summed E-state index contributed by atoms with van der Waals surface area (Å²) in [6.45, 7) is 0.0390. The molecule has 1 N–H and O–H groups in total. The van der Waals surface area contributed by atoms with E-state index in [4.69, 9.17) is 9.26 Å². The number of ether oxygens (including phenoxy) is 1. The van der Waals surface area contributed by atoms with Crippen LogP contribution in [0.25, 0.3) is 11.4 Å². The first-order chi connectivity index (χ1) is 14.0. The Labute approximate surface area is 169 Å². The number of hydrogen-bond donors (Lipinski definition) is 1. The van der Waals surface area contributed by atoms with Crippen molar-refractivity contribution in [3.05, 3.63) is 77.8 Å². The van der Waals surface area contributed by atoms with Crippen molar-refractivity contribution in [3.63, 3.8) is 0 Å². The number of nitrogens with one attached hydrogen (secondary N) is 1. The van der Waals surface area contributed by atoms with Crippen molar-refractivity contribution in [2.24, 2.45) is 0 Å². The van der Waals surface area contributed by atoms with Crippen molar-refractivity contribution in [2.75, 3.05) is 4.72 Å². The lowest BCUT2D eigenvalue weighted by molar-refractivity contribution is 0.242. The van der Waals surface area contributed by atoms with Crippen LogP contribution < -0.4 is 9.46 Å². The first-order valence-corrected chi connectivity index (χ1v) is 10.7. The molecule has 148 valence electrons. The van der Waals surface area contributed by atoms with E-state index in [1.165, 1.54) is 30.3 Å². The van der Waals surface area contributed by atoms with E-state index in [-0.39, 0.29) is 22.5 Å². The van der Waals surface area contributed by atoms with Crippen LogP contribution in [-0.2, 0) is 16.6 Å².